The van der Waals surface area contributed by atoms with Crippen molar-refractivity contribution in [3.05, 3.63) is 66.5 Å². The molecule has 2 N–H and O–H groups in total. The van der Waals surface area contributed by atoms with Gasteiger partial charge in [-0.15, -0.1) is 0 Å². The molecule has 0 atom stereocenters. The van der Waals surface area contributed by atoms with Gasteiger partial charge in [-0.05, 0) is 17.7 Å². The van der Waals surface area contributed by atoms with Crippen LogP contribution in [-0.2, 0) is 11.3 Å². The Morgan fingerprint density at radius 3 is 2.52 bits per heavy atom. The number of nitrogens with one attached hydrogen (secondary N) is 2. The normalized spacial score (nSPS) is 10.4. The fourth-order valence-corrected chi connectivity index (χ4v) is 2.34. The van der Waals surface area contributed by atoms with Gasteiger partial charge < -0.3 is 15.4 Å². The van der Waals surface area contributed by atoms with E-state index < -0.39 is 0 Å². The molecule has 0 bridgehead atoms. The van der Waals surface area contributed by atoms with E-state index in [4.69, 9.17) is 4.74 Å². The number of ether oxygens (including phenoxy) is 1. The van der Waals surface area contributed by atoms with Gasteiger partial charge in [0.25, 0.3) is 0 Å². The van der Waals surface area contributed by atoms with Gasteiger partial charge in [0.15, 0.2) is 0 Å². The van der Waals surface area contributed by atoms with E-state index in [2.05, 4.69) is 25.6 Å². The van der Waals surface area contributed by atoms with Crippen molar-refractivity contribution in [2.24, 2.45) is 0 Å². The van der Waals surface area contributed by atoms with E-state index in [9.17, 15) is 0 Å². The van der Waals surface area contributed by atoms with E-state index in [1.54, 1.807) is 19.5 Å². The Kier molecular flexibility index (Phi) is 5.90. The molecular weight excluding hydrogens is 314 g/mol. The molecule has 128 valence electrons. The van der Waals surface area contributed by atoms with Gasteiger partial charge in [-0.1, -0.05) is 30.3 Å². The van der Waals surface area contributed by atoms with Crippen molar-refractivity contribution in [3.8, 4) is 11.3 Å². The zero-order valence-electron chi connectivity index (χ0n) is 14.1. The number of anilines is 2. The van der Waals surface area contributed by atoms with Crippen LogP contribution in [0.15, 0.2) is 60.9 Å². The average molecular weight is 335 g/mol. The van der Waals surface area contributed by atoms with Crippen molar-refractivity contribution >= 4 is 11.8 Å². The summed E-state index contributed by atoms with van der Waals surface area (Å²) in [7, 11) is 1.68. The second-order valence-electron chi connectivity index (χ2n) is 5.46. The minimum atomic E-state index is 0.582. The van der Waals surface area contributed by atoms with Gasteiger partial charge in [-0.25, -0.2) is 4.98 Å². The molecule has 0 saturated carbocycles. The molecule has 0 fully saturated rings. The molecule has 3 aromatic rings. The van der Waals surface area contributed by atoms with Gasteiger partial charge in [-0.3, -0.25) is 4.98 Å². The lowest BCUT2D eigenvalue weighted by atomic mass is 10.1. The van der Waals surface area contributed by atoms with Crippen LogP contribution in [0.4, 0.5) is 11.8 Å². The second-order valence-corrected chi connectivity index (χ2v) is 5.46. The highest BCUT2D eigenvalue weighted by Gasteiger charge is 2.07. The van der Waals surface area contributed by atoms with Crippen molar-refractivity contribution in [2.45, 2.75) is 6.54 Å². The van der Waals surface area contributed by atoms with Crippen LogP contribution in [0.1, 0.15) is 5.56 Å². The molecule has 1 aromatic carbocycles. The van der Waals surface area contributed by atoms with Crippen LogP contribution in [0.5, 0.6) is 0 Å². The van der Waals surface area contributed by atoms with E-state index in [-0.39, 0.29) is 0 Å². The quantitative estimate of drug-likeness (QED) is 0.616. The zero-order chi connectivity index (χ0) is 17.3. The summed E-state index contributed by atoms with van der Waals surface area (Å²) in [4.78, 5) is 13.2. The Morgan fingerprint density at radius 2 is 1.76 bits per heavy atom. The molecular formula is C19H21N5O. The minimum absolute atomic E-state index is 0.582. The fourth-order valence-electron chi connectivity index (χ4n) is 2.34. The highest BCUT2D eigenvalue weighted by molar-refractivity contribution is 5.64. The summed E-state index contributed by atoms with van der Waals surface area (Å²) in [6, 6.07) is 15.9. The fraction of sp³-hybridized carbons (Fsp3) is 0.211. The Morgan fingerprint density at radius 1 is 0.960 bits per heavy atom. The molecule has 0 unspecified atom stereocenters. The number of pyridine rings is 1. The number of aromatic nitrogens is 3. The van der Waals surface area contributed by atoms with Gasteiger partial charge in [-0.2, -0.15) is 4.98 Å². The molecule has 0 radical (unpaired) electrons. The highest BCUT2D eigenvalue weighted by Crippen LogP contribution is 2.21. The van der Waals surface area contributed by atoms with E-state index in [0.717, 1.165) is 22.6 Å². The van der Waals surface area contributed by atoms with Crippen LogP contribution in [0.25, 0.3) is 11.3 Å². The third-order valence-electron chi connectivity index (χ3n) is 3.61. The molecule has 0 amide bonds. The van der Waals surface area contributed by atoms with E-state index >= 15 is 0 Å². The highest BCUT2D eigenvalue weighted by atomic mass is 16.5. The number of nitrogens with zero attached hydrogens (tertiary/aromatic N) is 3. The van der Waals surface area contributed by atoms with Crippen molar-refractivity contribution in [1.82, 2.24) is 15.0 Å². The predicted octanol–water partition coefficient (Wildman–Crippen LogP) is 3.21. The third-order valence-corrected chi connectivity index (χ3v) is 3.61. The van der Waals surface area contributed by atoms with Gasteiger partial charge in [0.2, 0.25) is 5.95 Å². The summed E-state index contributed by atoms with van der Waals surface area (Å²) in [5, 5.41) is 6.55. The van der Waals surface area contributed by atoms with Gasteiger partial charge in [0.1, 0.15) is 5.82 Å². The van der Waals surface area contributed by atoms with Crippen LogP contribution in [-0.4, -0.2) is 35.2 Å². The molecule has 25 heavy (non-hydrogen) atoms. The summed E-state index contributed by atoms with van der Waals surface area (Å²) in [6.45, 7) is 1.94. The molecule has 2 heterocycles. The lowest BCUT2D eigenvalue weighted by molar-refractivity contribution is 0.210. The molecule has 0 spiro atoms. The van der Waals surface area contributed by atoms with Crippen LogP contribution in [0.3, 0.4) is 0 Å². The molecule has 2 aromatic heterocycles. The van der Waals surface area contributed by atoms with Gasteiger partial charge in [0.05, 0.1) is 12.3 Å². The van der Waals surface area contributed by atoms with Crippen molar-refractivity contribution in [2.75, 3.05) is 30.9 Å². The Balaban J connectivity index is 1.81. The molecule has 0 saturated heterocycles. The summed E-state index contributed by atoms with van der Waals surface area (Å²) >= 11 is 0. The maximum Gasteiger partial charge on any atom is 0.225 e. The van der Waals surface area contributed by atoms with Crippen LogP contribution in [0, 0.1) is 0 Å². The zero-order valence-corrected chi connectivity index (χ0v) is 14.1. The number of rotatable bonds is 8. The molecule has 6 heteroatoms. The number of methoxy groups -OCH3 is 1. The maximum atomic E-state index is 5.09. The summed E-state index contributed by atoms with van der Waals surface area (Å²) in [5.41, 5.74) is 3.04. The first-order valence-electron chi connectivity index (χ1n) is 8.15. The first-order valence-corrected chi connectivity index (χ1v) is 8.15. The SMILES string of the molecule is COCCNc1cc(-c2ccccc2)nc(NCc2ccncc2)n1. The lowest BCUT2D eigenvalue weighted by Crippen LogP contribution is -2.11. The van der Waals surface area contributed by atoms with Gasteiger partial charge >= 0.3 is 0 Å². The van der Waals surface area contributed by atoms with Crippen LogP contribution in [0.2, 0.25) is 0 Å². The Bertz CT molecular complexity index is 780. The Labute approximate surface area is 147 Å². The van der Waals surface area contributed by atoms with Crippen LogP contribution < -0.4 is 10.6 Å². The van der Waals surface area contributed by atoms with E-state index in [1.165, 1.54) is 0 Å². The topological polar surface area (TPSA) is 72.0 Å². The molecule has 0 aliphatic carbocycles. The third kappa shape index (κ3) is 4.99. The first-order chi connectivity index (χ1) is 12.3. The summed E-state index contributed by atoms with van der Waals surface area (Å²) in [6.07, 6.45) is 3.55. The molecule has 0 aliphatic rings. The monoisotopic (exact) mass is 335 g/mol. The number of hydrogen-bond acceptors (Lipinski definition) is 6. The molecule has 6 nitrogen and oxygen atoms in total. The number of benzene rings is 1. The van der Waals surface area contributed by atoms with E-state index in [0.29, 0.717) is 25.6 Å². The number of hydrogen-bond donors (Lipinski definition) is 2. The lowest BCUT2D eigenvalue weighted by Gasteiger charge is -2.11. The molecule has 3 rings (SSSR count). The van der Waals surface area contributed by atoms with Gasteiger partial charge in [0, 0.05) is 44.2 Å². The van der Waals surface area contributed by atoms with Crippen LogP contribution >= 0.6 is 0 Å². The van der Waals surface area contributed by atoms with Crippen molar-refractivity contribution < 1.29 is 4.74 Å². The predicted molar refractivity (Wildman–Crippen MR) is 99.4 cm³/mol. The summed E-state index contributed by atoms with van der Waals surface area (Å²) < 4.78 is 5.09. The maximum absolute atomic E-state index is 5.09. The minimum Gasteiger partial charge on any atom is -0.383 e. The standard InChI is InChI=1S/C19H21N5O/c1-25-12-11-21-18-13-17(16-5-3-2-4-6-16)23-19(24-18)22-14-15-7-9-20-10-8-15/h2-10,13H,11-12,14H2,1H3,(H2,21,22,23,24). The average Bonchev–Trinajstić information content (AvgIpc) is 2.68. The summed E-state index contributed by atoms with van der Waals surface area (Å²) in [5.74, 6) is 1.35. The van der Waals surface area contributed by atoms with Crippen molar-refractivity contribution in [3.63, 3.8) is 0 Å². The van der Waals surface area contributed by atoms with Crippen molar-refractivity contribution in [1.29, 1.82) is 0 Å². The first kappa shape index (κ1) is 16.9. The molecule has 0 aliphatic heterocycles. The van der Waals surface area contributed by atoms with E-state index in [1.807, 2.05) is 48.5 Å². The largest absolute Gasteiger partial charge is 0.383 e. The Hall–Kier alpha value is -2.99. The smallest absolute Gasteiger partial charge is 0.225 e. The second kappa shape index (κ2) is 8.75.